The number of anilines is 2. The number of hydrogen-bond donors (Lipinski definition) is 1. The molecule has 6 nitrogen and oxygen atoms in total. The van der Waals surface area contributed by atoms with E-state index in [2.05, 4.69) is 4.72 Å². The van der Waals surface area contributed by atoms with Crippen LogP contribution in [0.5, 0.6) is 0 Å². The monoisotopic (exact) mass is 484 g/mol. The van der Waals surface area contributed by atoms with Gasteiger partial charge in [0.25, 0.3) is 20.0 Å². The Kier molecular flexibility index (Phi) is 6.01. The van der Waals surface area contributed by atoms with Crippen molar-refractivity contribution >= 4 is 31.4 Å². The van der Waals surface area contributed by atoms with Gasteiger partial charge in [0.05, 0.1) is 21.2 Å². The van der Waals surface area contributed by atoms with Crippen molar-refractivity contribution in [1.82, 2.24) is 0 Å². The van der Waals surface area contributed by atoms with Gasteiger partial charge in [-0.3, -0.25) is 9.03 Å². The van der Waals surface area contributed by atoms with Crippen molar-refractivity contribution in [3.8, 4) is 0 Å². The summed E-state index contributed by atoms with van der Waals surface area (Å²) in [6.45, 7) is 7.83. The second-order valence-corrected chi connectivity index (χ2v) is 12.2. The van der Waals surface area contributed by atoms with Gasteiger partial charge in [-0.2, -0.15) is 0 Å². The number of nitrogens with zero attached hydrogens (tertiary/aromatic N) is 1. The minimum atomic E-state index is -3.84. The van der Waals surface area contributed by atoms with Crippen LogP contribution in [-0.4, -0.2) is 23.4 Å². The molecular weight excluding hydrogens is 456 g/mol. The fourth-order valence-electron chi connectivity index (χ4n) is 4.13. The summed E-state index contributed by atoms with van der Waals surface area (Å²) in [6.07, 6.45) is 1.43. The van der Waals surface area contributed by atoms with E-state index in [-0.39, 0.29) is 9.79 Å². The molecule has 3 aromatic rings. The van der Waals surface area contributed by atoms with E-state index in [0.29, 0.717) is 29.9 Å². The molecule has 1 aliphatic heterocycles. The van der Waals surface area contributed by atoms with Crippen LogP contribution in [0.1, 0.15) is 34.2 Å². The molecule has 0 spiro atoms. The lowest BCUT2D eigenvalue weighted by Crippen LogP contribution is -2.35. The van der Waals surface area contributed by atoms with Gasteiger partial charge in [-0.1, -0.05) is 29.8 Å². The molecule has 0 atom stereocenters. The first-order valence-corrected chi connectivity index (χ1v) is 13.7. The van der Waals surface area contributed by atoms with Crippen molar-refractivity contribution in [2.75, 3.05) is 15.6 Å². The zero-order chi connectivity index (χ0) is 24.0. The van der Waals surface area contributed by atoms with Crippen LogP contribution in [0.3, 0.4) is 0 Å². The summed E-state index contributed by atoms with van der Waals surface area (Å²) in [5.74, 6) is 0. The average Bonchev–Trinajstić information content (AvgIpc) is 2.75. The van der Waals surface area contributed by atoms with E-state index in [1.807, 2.05) is 26.8 Å². The smallest absolute Gasteiger partial charge is 0.264 e. The van der Waals surface area contributed by atoms with Crippen LogP contribution in [0.4, 0.5) is 11.4 Å². The van der Waals surface area contributed by atoms with Gasteiger partial charge in [0.15, 0.2) is 0 Å². The molecule has 1 N–H and O–H groups in total. The Morgan fingerprint density at radius 1 is 0.788 bits per heavy atom. The Hall–Kier alpha value is -2.84. The number of sulfonamides is 2. The van der Waals surface area contributed by atoms with Crippen LogP contribution in [-0.2, 0) is 26.5 Å². The first kappa shape index (κ1) is 23.3. The summed E-state index contributed by atoms with van der Waals surface area (Å²) in [5.41, 5.74) is 5.27. The van der Waals surface area contributed by atoms with Crippen molar-refractivity contribution in [3.05, 3.63) is 82.4 Å². The van der Waals surface area contributed by atoms with Gasteiger partial charge in [-0.25, -0.2) is 16.8 Å². The summed E-state index contributed by atoms with van der Waals surface area (Å²) in [6, 6.07) is 15.4. The maximum absolute atomic E-state index is 13.4. The van der Waals surface area contributed by atoms with Gasteiger partial charge in [0.1, 0.15) is 0 Å². The highest BCUT2D eigenvalue weighted by atomic mass is 32.2. The Morgan fingerprint density at radius 2 is 1.45 bits per heavy atom. The summed E-state index contributed by atoms with van der Waals surface area (Å²) in [4.78, 5) is 0.435. The third-order valence-electron chi connectivity index (χ3n) is 6.10. The Labute approximate surface area is 196 Å². The van der Waals surface area contributed by atoms with Crippen LogP contribution in [0.25, 0.3) is 0 Å². The minimum absolute atomic E-state index is 0.215. The van der Waals surface area contributed by atoms with E-state index in [0.717, 1.165) is 28.7 Å². The van der Waals surface area contributed by atoms with Crippen molar-refractivity contribution in [1.29, 1.82) is 0 Å². The lowest BCUT2D eigenvalue weighted by Gasteiger charge is -2.31. The molecule has 0 radical (unpaired) electrons. The SMILES string of the molecule is Cc1ccc(S(=O)(=O)N2CCCc3ccc(NS(=O)(=O)c4cc(C)c(C)cc4C)cc32)cc1. The lowest BCUT2D eigenvalue weighted by molar-refractivity contribution is 0.586. The normalized spacial score (nSPS) is 14.1. The minimum Gasteiger partial charge on any atom is -0.280 e. The van der Waals surface area contributed by atoms with E-state index < -0.39 is 20.0 Å². The van der Waals surface area contributed by atoms with E-state index in [1.54, 1.807) is 55.5 Å². The highest BCUT2D eigenvalue weighted by molar-refractivity contribution is 7.93. The van der Waals surface area contributed by atoms with Crippen molar-refractivity contribution in [3.63, 3.8) is 0 Å². The second kappa shape index (κ2) is 8.50. The van der Waals surface area contributed by atoms with Gasteiger partial charge in [0, 0.05) is 6.54 Å². The number of fused-ring (bicyclic) bond motifs is 1. The maximum Gasteiger partial charge on any atom is 0.264 e. The summed E-state index contributed by atoms with van der Waals surface area (Å²) >= 11 is 0. The van der Waals surface area contributed by atoms with Crippen LogP contribution in [0.15, 0.2) is 64.4 Å². The zero-order valence-corrected chi connectivity index (χ0v) is 20.8. The molecule has 0 saturated carbocycles. The quantitative estimate of drug-likeness (QED) is 0.560. The van der Waals surface area contributed by atoms with E-state index >= 15 is 0 Å². The predicted molar refractivity (Wildman–Crippen MR) is 132 cm³/mol. The highest BCUT2D eigenvalue weighted by Gasteiger charge is 2.30. The Bertz CT molecular complexity index is 1430. The molecule has 0 fully saturated rings. The molecule has 0 amide bonds. The van der Waals surface area contributed by atoms with Crippen molar-refractivity contribution in [2.24, 2.45) is 0 Å². The van der Waals surface area contributed by atoms with Gasteiger partial charge in [-0.15, -0.1) is 0 Å². The molecule has 8 heteroatoms. The fraction of sp³-hybridized carbons (Fsp3) is 0.280. The Morgan fingerprint density at radius 3 is 2.15 bits per heavy atom. The fourth-order valence-corrected chi connectivity index (χ4v) is 7.02. The van der Waals surface area contributed by atoms with Crippen molar-refractivity contribution < 1.29 is 16.8 Å². The number of aryl methyl sites for hydroxylation is 5. The van der Waals surface area contributed by atoms with E-state index in [9.17, 15) is 16.8 Å². The number of hydrogen-bond acceptors (Lipinski definition) is 4. The van der Waals surface area contributed by atoms with E-state index in [4.69, 9.17) is 0 Å². The zero-order valence-electron chi connectivity index (χ0n) is 19.2. The summed E-state index contributed by atoms with van der Waals surface area (Å²) in [5, 5.41) is 0. The topological polar surface area (TPSA) is 83.6 Å². The van der Waals surface area contributed by atoms with Gasteiger partial charge < -0.3 is 0 Å². The lowest BCUT2D eigenvalue weighted by atomic mass is 10.0. The van der Waals surface area contributed by atoms with E-state index in [1.165, 1.54) is 4.31 Å². The standard InChI is InChI=1S/C25H28N2O4S2/c1-17-7-11-23(12-8-17)33(30,31)27-13-5-6-21-9-10-22(16-24(21)27)26-32(28,29)25-15-19(3)18(2)14-20(25)4/h7-12,14-16,26H,5-6,13H2,1-4H3. The number of rotatable bonds is 5. The molecule has 4 rings (SSSR count). The summed E-state index contributed by atoms with van der Waals surface area (Å²) < 4.78 is 57.1. The summed E-state index contributed by atoms with van der Waals surface area (Å²) in [7, 11) is -7.60. The molecule has 33 heavy (non-hydrogen) atoms. The van der Waals surface area contributed by atoms with Crippen LogP contribution >= 0.6 is 0 Å². The third-order valence-corrected chi connectivity index (χ3v) is 9.45. The van der Waals surface area contributed by atoms with Crippen molar-refractivity contribution in [2.45, 2.75) is 50.3 Å². The number of nitrogens with one attached hydrogen (secondary N) is 1. The second-order valence-electron chi connectivity index (χ2n) is 8.64. The molecule has 0 aliphatic carbocycles. The predicted octanol–water partition coefficient (Wildman–Crippen LogP) is 4.86. The van der Waals surface area contributed by atoms with Crippen LogP contribution in [0, 0.1) is 27.7 Å². The maximum atomic E-state index is 13.4. The molecule has 0 aromatic heterocycles. The molecule has 0 bridgehead atoms. The van der Waals surface area contributed by atoms with Crippen LogP contribution in [0.2, 0.25) is 0 Å². The van der Waals surface area contributed by atoms with Gasteiger partial charge in [0.2, 0.25) is 0 Å². The first-order chi connectivity index (χ1) is 15.5. The van der Waals surface area contributed by atoms with Gasteiger partial charge in [-0.05, 0) is 93.1 Å². The molecule has 0 unspecified atom stereocenters. The highest BCUT2D eigenvalue weighted by Crippen LogP contribution is 2.35. The first-order valence-electron chi connectivity index (χ1n) is 10.8. The molecule has 0 saturated heterocycles. The third kappa shape index (κ3) is 4.50. The average molecular weight is 485 g/mol. The molecule has 3 aromatic carbocycles. The molecular formula is C25H28N2O4S2. The number of benzene rings is 3. The molecule has 1 aliphatic rings. The largest absolute Gasteiger partial charge is 0.280 e. The molecule has 1 heterocycles. The van der Waals surface area contributed by atoms with Gasteiger partial charge >= 0.3 is 0 Å². The van der Waals surface area contributed by atoms with Crippen LogP contribution < -0.4 is 9.03 Å². The molecule has 174 valence electrons. The Balaban J connectivity index is 1.72.